The Bertz CT molecular complexity index is 300. The molecule has 0 spiro atoms. The largest absolute Gasteiger partial charge is 0.287 e. The molecular formula is C9H10O2S2. The lowest BCUT2D eigenvalue weighted by Gasteiger charge is -2.27. The van der Waals surface area contributed by atoms with Gasteiger partial charge in [0.1, 0.15) is 0 Å². The molecule has 13 heavy (non-hydrogen) atoms. The molecule has 0 aromatic rings. The van der Waals surface area contributed by atoms with Gasteiger partial charge in [0.15, 0.2) is 10.2 Å². The van der Waals surface area contributed by atoms with Gasteiger partial charge < -0.3 is 0 Å². The molecule has 2 heterocycles. The van der Waals surface area contributed by atoms with Crippen molar-refractivity contribution in [3.8, 4) is 0 Å². The highest BCUT2D eigenvalue weighted by atomic mass is 32.2. The fraction of sp³-hybridized carbons (Fsp3) is 0.778. The van der Waals surface area contributed by atoms with Gasteiger partial charge in [-0.05, 0) is 12.3 Å². The molecule has 70 valence electrons. The average molecular weight is 214 g/mol. The Morgan fingerprint density at radius 1 is 1.15 bits per heavy atom. The summed E-state index contributed by atoms with van der Waals surface area (Å²) in [7, 11) is 0. The summed E-state index contributed by atoms with van der Waals surface area (Å²) >= 11 is 2.87. The van der Waals surface area contributed by atoms with E-state index < -0.39 is 0 Å². The van der Waals surface area contributed by atoms with Gasteiger partial charge in [0.2, 0.25) is 0 Å². The molecule has 3 aliphatic rings. The number of carbonyl (C=O) groups is 2. The zero-order chi connectivity index (χ0) is 9.16. The van der Waals surface area contributed by atoms with E-state index in [0.29, 0.717) is 16.4 Å². The Morgan fingerprint density at radius 2 is 1.85 bits per heavy atom. The molecule has 0 radical (unpaired) electrons. The summed E-state index contributed by atoms with van der Waals surface area (Å²) in [6.07, 6.45) is 1.06. The van der Waals surface area contributed by atoms with E-state index in [1.54, 1.807) is 0 Å². The van der Waals surface area contributed by atoms with Crippen LogP contribution in [0.15, 0.2) is 0 Å². The summed E-state index contributed by atoms with van der Waals surface area (Å²) < 4.78 is 0. The van der Waals surface area contributed by atoms with E-state index >= 15 is 0 Å². The fourth-order valence-corrected chi connectivity index (χ4v) is 6.05. The van der Waals surface area contributed by atoms with Gasteiger partial charge in [0.25, 0.3) is 0 Å². The molecule has 5 unspecified atom stereocenters. The van der Waals surface area contributed by atoms with Gasteiger partial charge in [-0.3, -0.25) is 9.59 Å². The average Bonchev–Trinajstić information content (AvgIpc) is 2.48. The third kappa shape index (κ3) is 0.934. The van der Waals surface area contributed by atoms with Gasteiger partial charge in [-0.25, -0.2) is 0 Å². The normalized spacial score (nSPS) is 53.2. The zero-order valence-electron chi connectivity index (χ0n) is 7.23. The van der Waals surface area contributed by atoms with Crippen LogP contribution < -0.4 is 0 Å². The molecule has 3 rings (SSSR count). The first-order chi connectivity index (χ1) is 6.18. The van der Waals surface area contributed by atoms with Crippen LogP contribution in [0.25, 0.3) is 0 Å². The van der Waals surface area contributed by atoms with Crippen LogP contribution in [0.3, 0.4) is 0 Å². The predicted octanol–water partition coefficient (Wildman–Crippen LogP) is 1.54. The minimum atomic E-state index is 0.0660. The molecule has 0 aromatic heterocycles. The molecule has 5 atom stereocenters. The molecule has 2 aliphatic heterocycles. The molecule has 4 bridgehead atoms. The Balaban J connectivity index is 2.08. The summed E-state index contributed by atoms with van der Waals surface area (Å²) in [5.41, 5.74) is 0. The molecule has 2 saturated heterocycles. The number of thioether (sulfide) groups is 2. The van der Waals surface area contributed by atoms with E-state index in [1.165, 1.54) is 23.5 Å². The molecule has 2 nitrogen and oxygen atoms in total. The van der Waals surface area contributed by atoms with Crippen molar-refractivity contribution < 1.29 is 9.59 Å². The highest BCUT2D eigenvalue weighted by Crippen LogP contribution is 2.59. The summed E-state index contributed by atoms with van der Waals surface area (Å²) in [5.74, 6) is 0.682. The first-order valence-corrected chi connectivity index (χ1v) is 6.35. The third-order valence-corrected chi connectivity index (χ3v) is 6.20. The fourth-order valence-electron chi connectivity index (χ4n) is 2.77. The van der Waals surface area contributed by atoms with Crippen molar-refractivity contribution in [2.45, 2.75) is 23.8 Å². The van der Waals surface area contributed by atoms with Gasteiger partial charge in [-0.2, -0.15) is 0 Å². The Morgan fingerprint density at radius 3 is 2.62 bits per heavy atom. The van der Waals surface area contributed by atoms with Crippen LogP contribution in [0, 0.1) is 17.8 Å². The van der Waals surface area contributed by atoms with E-state index in [0.717, 1.165) is 6.42 Å². The topological polar surface area (TPSA) is 34.1 Å². The van der Waals surface area contributed by atoms with Gasteiger partial charge >= 0.3 is 0 Å². The maximum atomic E-state index is 11.6. The lowest BCUT2D eigenvalue weighted by atomic mass is 9.76. The van der Waals surface area contributed by atoms with Crippen molar-refractivity contribution in [2.75, 3.05) is 0 Å². The standard InChI is InChI=1S/C9H10O2S2/c1-3-2-4-5-6(9(11)12-4)7(3)13-8(5)10/h3-7H,2H2,1H3. The Labute approximate surface area is 85.2 Å². The SMILES string of the molecule is CC1CC2SC(=O)C3C1SC(=O)C23. The molecule has 3 fully saturated rings. The van der Waals surface area contributed by atoms with Crippen LogP contribution in [0.2, 0.25) is 0 Å². The lowest BCUT2D eigenvalue weighted by molar-refractivity contribution is -0.121. The number of rotatable bonds is 0. The molecule has 4 heteroatoms. The maximum absolute atomic E-state index is 11.6. The first-order valence-electron chi connectivity index (χ1n) is 4.59. The smallest absolute Gasteiger partial charge is 0.194 e. The highest BCUT2D eigenvalue weighted by Gasteiger charge is 2.61. The van der Waals surface area contributed by atoms with E-state index in [-0.39, 0.29) is 22.1 Å². The minimum absolute atomic E-state index is 0.0660. The molecule has 1 saturated carbocycles. The van der Waals surface area contributed by atoms with E-state index in [9.17, 15) is 9.59 Å². The second-order valence-electron chi connectivity index (χ2n) is 4.14. The van der Waals surface area contributed by atoms with Crippen LogP contribution in [-0.4, -0.2) is 20.7 Å². The summed E-state index contributed by atoms with van der Waals surface area (Å²) in [6.45, 7) is 2.17. The Kier molecular flexibility index (Phi) is 1.63. The lowest BCUT2D eigenvalue weighted by Crippen LogP contribution is -2.34. The number of carbonyl (C=O) groups excluding carboxylic acids is 2. The van der Waals surface area contributed by atoms with Crippen molar-refractivity contribution in [3.05, 3.63) is 0 Å². The van der Waals surface area contributed by atoms with Gasteiger partial charge in [0, 0.05) is 10.5 Å². The van der Waals surface area contributed by atoms with Crippen molar-refractivity contribution in [2.24, 2.45) is 17.8 Å². The monoisotopic (exact) mass is 214 g/mol. The summed E-state index contributed by atoms with van der Waals surface area (Å²) in [6, 6.07) is 0. The number of hydrogen-bond acceptors (Lipinski definition) is 4. The summed E-state index contributed by atoms with van der Waals surface area (Å²) in [4.78, 5) is 23.2. The van der Waals surface area contributed by atoms with E-state index in [4.69, 9.17) is 0 Å². The number of hydrogen-bond donors (Lipinski definition) is 0. The molecule has 0 N–H and O–H groups in total. The Hall–Kier alpha value is 0.0400. The van der Waals surface area contributed by atoms with Crippen molar-refractivity contribution >= 4 is 33.8 Å². The summed E-state index contributed by atoms with van der Waals surface area (Å²) in [5, 5.41) is 1.17. The predicted molar refractivity (Wildman–Crippen MR) is 53.5 cm³/mol. The molecule has 0 aromatic carbocycles. The van der Waals surface area contributed by atoms with Crippen LogP contribution in [0.5, 0.6) is 0 Å². The van der Waals surface area contributed by atoms with Crippen molar-refractivity contribution in [3.63, 3.8) is 0 Å². The second-order valence-corrected chi connectivity index (χ2v) is 6.57. The van der Waals surface area contributed by atoms with Crippen LogP contribution >= 0.6 is 23.5 Å². The van der Waals surface area contributed by atoms with Gasteiger partial charge in [-0.1, -0.05) is 30.4 Å². The van der Waals surface area contributed by atoms with Gasteiger partial charge in [-0.15, -0.1) is 0 Å². The highest BCUT2D eigenvalue weighted by molar-refractivity contribution is 8.17. The zero-order valence-corrected chi connectivity index (χ0v) is 8.86. The first kappa shape index (κ1) is 8.36. The van der Waals surface area contributed by atoms with Gasteiger partial charge in [0.05, 0.1) is 11.8 Å². The molecule has 0 amide bonds. The maximum Gasteiger partial charge on any atom is 0.194 e. The van der Waals surface area contributed by atoms with Crippen molar-refractivity contribution in [1.29, 1.82) is 0 Å². The third-order valence-electron chi connectivity index (χ3n) is 3.37. The quantitative estimate of drug-likeness (QED) is 0.612. The van der Waals surface area contributed by atoms with E-state index in [1.807, 2.05) is 0 Å². The van der Waals surface area contributed by atoms with Crippen LogP contribution in [0.4, 0.5) is 0 Å². The molecule has 1 aliphatic carbocycles. The van der Waals surface area contributed by atoms with Crippen LogP contribution in [-0.2, 0) is 9.59 Å². The second kappa shape index (κ2) is 2.54. The van der Waals surface area contributed by atoms with E-state index in [2.05, 4.69) is 6.92 Å². The minimum Gasteiger partial charge on any atom is -0.287 e. The van der Waals surface area contributed by atoms with Crippen LogP contribution in [0.1, 0.15) is 13.3 Å². The van der Waals surface area contributed by atoms with Crippen molar-refractivity contribution in [1.82, 2.24) is 0 Å². The molecular weight excluding hydrogens is 204 g/mol.